The Balaban J connectivity index is 1.47. The van der Waals surface area contributed by atoms with Gasteiger partial charge in [-0.15, -0.1) is 0 Å². The van der Waals surface area contributed by atoms with Crippen LogP contribution < -0.4 is 10.6 Å². The van der Waals surface area contributed by atoms with E-state index >= 15 is 0 Å². The van der Waals surface area contributed by atoms with Gasteiger partial charge in [0.2, 0.25) is 0 Å². The molecule has 146 valence electrons. The predicted octanol–water partition coefficient (Wildman–Crippen LogP) is 4.82. The largest absolute Gasteiger partial charge is 0.309 e. The first-order valence-corrected chi connectivity index (χ1v) is 8.88. The van der Waals surface area contributed by atoms with Crippen LogP contribution >= 0.6 is 0 Å². The molecule has 0 aliphatic carbocycles. The molecule has 0 aromatic heterocycles. The summed E-state index contributed by atoms with van der Waals surface area (Å²) in [5, 5.41) is 6.40. The minimum absolute atomic E-state index is 0.426. The van der Waals surface area contributed by atoms with Crippen molar-refractivity contribution in [3.05, 3.63) is 106 Å². The summed E-state index contributed by atoms with van der Waals surface area (Å²) in [4.78, 5) is 0. The lowest BCUT2D eigenvalue weighted by Crippen LogP contribution is -2.15. The van der Waals surface area contributed by atoms with Crippen molar-refractivity contribution in [2.24, 2.45) is 0 Å². The second-order valence-corrected chi connectivity index (χ2v) is 6.52. The Morgan fingerprint density at radius 1 is 0.464 bits per heavy atom. The first-order valence-electron chi connectivity index (χ1n) is 8.88. The lowest BCUT2D eigenvalue weighted by atomic mass is 10.1. The van der Waals surface area contributed by atoms with E-state index in [-0.39, 0.29) is 0 Å². The van der Waals surface area contributed by atoms with Gasteiger partial charge in [0.15, 0.2) is 23.3 Å². The van der Waals surface area contributed by atoms with Crippen LogP contribution in [0.25, 0.3) is 0 Å². The van der Waals surface area contributed by atoms with E-state index in [9.17, 15) is 17.6 Å². The maximum atomic E-state index is 13.2. The Hall–Kier alpha value is -2.70. The van der Waals surface area contributed by atoms with Gasteiger partial charge in [-0.25, -0.2) is 17.6 Å². The summed E-state index contributed by atoms with van der Waals surface area (Å²) in [7, 11) is 0. The second-order valence-electron chi connectivity index (χ2n) is 6.52. The molecule has 0 saturated heterocycles. The molecule has 0 spiro atoms. The average Bonchev–Trinajstić information content (AvgIpc) is 2.68. The van der Waals surface area contributed by atoms with Crippen molar-refractivity contribution in [2.75, 3.05) is 0 Å². The van der Waals surface area contributed by atoms with Crippen molar-refractivity contribution in [3.63, 3.8) is 0 Å². The SMILES string of the molecule is Fc1ccc(CNCc2cccc(CNCc3ccc(F)c(F)c3)c2)cc1F. The molecule has 0 atom stereocenters. The smallest absolute Gasteiger partial charge is 0.159 e. The Kier molecular flexibility index (Phi) is 6.79. The van der Waals surface area contributed by atoms with Crippen LogP contribution in [0.1, 0.15) is 22.3 Å². The summed E-state index contributed by atoms with van der Waals surface area (Å²) in [6, 6.07) is 15.6. The van der Waals surface area contributed by atoms with Crippen LogP contribution in [0.3, 0.4) is 0 Å². The van der Waals surface area contributed by atoms with Gasteiger partial charge in [0, 0.05) is 26.2 Å². The summed E-state index contributed by atoms with van der Waals surface area (Å²) in [6.07, 6.45) is 0. The molecule has 0 aliphatic rings. The molecule has 0 heterocycles. The van der Waals surface area contributed by atoms with E-state index < -0.39 is 23.3 Å². The molecule has 3 rings (SSSR count). The van der Waals surface area contributed by atoms with Crippen LogP contribution in [-0.4, -0.2) is 0 Å². The van der Waals surface area contributed by atoms with Crippen molar-refractivity contribution in [2.45, 2.75) is 26.2 Å². The fraction of sp³-hybridized carbons (Fsp3) is 0.182. The molecule has 2 N–H and O–H groups in total. The lowest BCUT2D eigenvalue weighted by molar-refractivity contribution is 0.506. The van der Waals surface area contributed by atoms with E-state index in [1.54, 1.807) is 12.1 Å². The molecule has 0 unspecified atom stereocenters. The third-order valence-electron chi connectivity index (χ3n) is 4.28. The third-order valence-corrected chi connectivity index (χ3v) is 4.28. The number of halogens is 4. The van der Waals surface area contributed by atoms with E-state index in [1.807, 2.05) is 24.3 Å². The Labute approximate surface area is 161 Å². The van der Waals surface area contributed by atoms with Crippen LogP contribution in [-0.2, 0) is 26.2 Å². The van der Waals surface area contributed by atoms with E-state index in [0.29, 0.717) is 37.3 Å². The number of rotatable bonds is 8. The summed E-state index contributed by atoms with van der Waals surface area (Å²) in [5.74, 6) is -3.42. The number of hydrogen-bond acceptors (Lipinski definition) is 2. The van der Waals surface area contributed by atoms with Crippen LogP contribution in [0.15, 0.2) is 60.7 Å². The molecule has 28 heavy (non-hydrogen) atoms. The van der Waals surface area contributed by atoms with Gasteiger partial charge in [0.05, 0.1) is 0 Å². The summed E-state index contributed by atoms with van der Waals surface area (Å²) >= 11 is 0. The molecule has 0 amide bonds. The van der Waals surface area contributed by atoms with Crippen molar-refractivity contribution in [1.82, 2.24) is 10.6 Å². The highest BCUT2D eigenvalue weighted by Crippen LogP contribution is 2.11. The predicted molar refractivity (Wildman–Crippen MR) is 100 cm³/mol. The number of nitrogens with one attached hydrogen (secondary N) is 2. The van der Waals surface area contributed by atoms with Gasteiger partial charge in [0.25, 0.3) is 0 Å². The van der Waals surface area contributed by atoms with Crippen LogP contribution in [0.2, 0.25) is 0 Å². The Morgan fingerprint density at radius 3 is 1.25 bits per heavy atom. The first-order chi connectivity index (χ1) is 13.5. The molecule has 3 aromatic carbocycles. The van der Waals surface area contributed by atoms with Crippen molar-refractivity contribution >= 4 is 0 Å². The number of hydrogen-bond donors (Lipinski definition) is 2. The van der Waals surface area contributed by atoms with Crippen molar-refractivity contribution < 1.29 is 17.6 Å². The van der Waals surface area contributed by atoms with Crippen LogP contribution in [0.4, 0.5) is 17.6 Å². The average molecular weight is 388 g/mol. The maximum absolute atomic E-state index is 13.2. The standard InChI is InChI=1S/C22H20F4N2/c23-19-6-4-17(9-21(19)25)13-27-11-15-2-1-3-16(8-15)12-28-14-18-5-7-20(24)22(26)10-18/h1-10,27-28H,11-14H2. The minimum atomic E-state index is -0.854. The summed E-state index contributed by atoms with van der Waals surface area (Å²) in [5.41, 5.74) is 3.44. The second kappa shape index (κ2) is 9.48. The highest BCUT2D eigenvalue weighted by atomic mass is 19.2. The van der Waals surface area contributed by atoms with E-state index in [1.165, 1.54) is 12.1 Å². The zero-order valence-electron chi connectivity index (χ0n) is 15.1. The fourth-order valence-corrected chi connectivity index (χ4v) is 2.85. The minimum Gasteiger partial charge on any atom is -0.309 e. The summed E-state index contributed by atoms with van der Waals surface area (Å²) in [6.45, 7) is 2.01. The van der Waals surface area contributed by atoms with Gasteiger partial charge in [-0.2, -0.15) is 0 Å². The molecular formula is C22H20F4N2. The molecule has 0 bridgehead atoms. The lowest BCUT2D eigenvalue weighted by Gasteiger charge is -2.09. The highest BCUT2D eigenvalue weighted by Gasteiger charge is 2.04. The summed E-state index contributed by atoms with van der Waals surface area (Å²) < 4.78 is 52.3. The molecule has 0 fully saturated rings. The van der Waals surface area contributed by atoms with Gasteiger partial charge in [0.1, 0.15) is 0 Å². The van der Waals surface area contributed by atoms with E-state index in [2.05, 4.69) is 10.6 Å². The molecule has 0 aliphatic heterocycles. The van der Waals surface area contributed by atoms with E-state index in [4.69, 9.17) is 0 Å². The Bertz CT molecular complexity index is 871. The normalized spacial score (nSPS) is 11.0. The Morgan fingerprint density at radius 2 is 0.857 bits per heavy atom. The molecule has 2 nitrogen and oxygen atoms in total. The zero-order chi connectivity index (χ0) is 19.9. The van der Waals surface area contributed by atoms with Gasteiger partial charge < -0.3 is 10.6 Å². The monoisotopic (exact) mass is 388 g/mol. The van der Waals surface area contributed by atoms with Gasteiger partial charge in [-0.05, 0) is 46.5 Å². The topological polar surface area (TPSA) is 24.1 Å². The van der Waals surface area contributed by atoms with Crippen LogP contribution in [0.5, 0.6) is 0 Å². The molecule has 6 heteroatoms. The third kappa shape index (κ3) is 5.65. The maximum Gasteiger partial charge on any atom is 0.159 e. The number of benzene rings is 3. The van der Waals surface area contributed by atoms with Gasteiger partial charge in [-0.1, -0.05) is 36.4 Å². The van der Waals surface area contributed by atoms with Crippen molar-refractivity contribution in [3.8, 4) is 0 Å². The van der Waals surface area contributed by atoms with Gasteiger partial charge >= 0.3 is 0 Å². The van der Waals surface area contributed by atoms with Crippen molar-refractivity contribution in [1.29, 1.82) is 0 Å². The fourth-order valence-electron chi connectivity index (χ4n) is 2.85. The molecular weight excluding hydrogens is 368 g/mol. The highest BCUT2D eigenvalue weighted by molar-refractivity contribution is 5.24. The quantitative estimate of drug-likeness (QED) is 0.541. The van der Waals surface area contributed by atoms with Gasteiger partial charge in [-0.3, -0.25) is 0 Å². The molecule has 3 aromatic rings. The van der Waals surface area contributed by atoms with Crippen LogP contribution in [0, 0.1) is 23.3 Å². The zero-order valence-corrected chi connectivity index (χ0v) is 15.1. The molecule has 0 radical (unpaired) electrons. The first kappa shape index (κ1) is 20.0. The molecule has 0 saturated carbocycles. The van der Waals surface area contributed by atoms with E-state index in [0.717, 1.165) is 23.3 Å².